The zero-order valence-electron chi connectivity index (χ0n) is 16.7. The average Bonchev–Trinajstić information content (AvgIpc) is 3.17. The Kier molecular flexibility index (Phi) is 6.16. The lowest BCUT2D eigenvalue weighted by molar-refractivity contribution is -0.305. The molecular formula is C22H23N2O5-. The summed E-state index contributed by atoms with van der Waals surface area (Å²) < 4.78 is 10.8. The van der Waals surface area contributed by atoms with Crippen molar-refractivity contribution in [3.05, 3.63) is 59.2 Å². The van der Waals surface area contributed by atoms with Gasteiger partial charge in [0.25, 0.3) is 0 Å². The third-order valence-electron chi connectivity index (χ3n) is 4.89. The average molecular weight is 395 g/mol. The number of benzene rings is 2. The van der Waals surface area contributed by atoms with Crippen LogP contribution in [0.15, 0.2) is 47.6 Å². The SMILES string of the molecule is COc1ccc(OC)c([C@H]2CC(c3ccc(C)cc3)=NN2C(=O)CCC(=O)[O-])c1. The number of nitrogens with zero attached hydrogens (tertiary/aromatic N) is 2. The van der Waals surface area contributed by atoms with Crippen molar-refractivity contribution < 1.29 is 24.2 Å². The minimum Gasteiger partial charge on any atom is -0.550 e. The molecule has 0 unspecified atom stereocenters. The van der Waals surface area contributed by atoms with Crippen molar-refractivity contribution in [3.8, 4) is 11.5 Å². The Morgan fingerprint density at radius 3 is 2.45 bits per heavy atom. The fourth-order valence-corrected chi connectivity index (χ4v) is 3.33. The van der Waals surface area contributed by atoms with Gasteiger partial charge in [-0.05, 0) is 37.1 Å². The van der Waals surface area contributed by atoms with E-state index in [0.29, 0.717) is 17.9 Å². The maximum Gasteiger partial charge on any atom is 0.243 e. The number of aryl methyl sites for hydroxylation is 1. The van der Waals surface area contributed by atoms with Crippen LogP contribution in [0.2, 0.25) is 0 Å². The van der Waals surface area contributed by atoms with Crippen LogP contribution in [0.25, 0.3) is 0 Å². The molecule has 2 aromatic rings. The van der Waals surface area contributed by atoms with Gasteiger partial charge >= 0.3 is 0 Å². The summed E-state index contributed by atoms with van der Waals surface area (Å²) in [6.45, 7) is 2.00. The topological polar surface area (TPSA) is 91.3 Å². The van der Waals surface area contributed by atoms with E-state index >= 15 is 0 Å². The maximum atomic E-state index is 12.8. The van der Waals surface area contributed by atoms with Crippen molar-refractivity contribution in [1.82, 2.24) is 5.01 Å². The van der Waals surface area contributed by atoms with Gasteiger partial charge in [0.1, 0.15) is 11.5 Å². The van der Waals surface area contributed by atoms with E-state index in [1.54, 1.807) is 26.4 Å². The number of hydrogen-bond donors (Lipinski definition) is 0. The number of amides is 1. The van der Waals surface area contributed by atoms with Crippen molar-refractivity contribution in [1.29, 1.82) is 0 Å². The molecule has 152 valence electrons. The molecule has 29 heavy (non-hydrogen) atoms. The van der Waals surface area contributed by atoms with Gasteiger partial charge in [0.05, 0.1) is 26.0 Å². The monoisotopic (exact) mass is 395 g/mol. The highest BCUT2D eigenvalue weighted by Crippen LogP contribution is 2.39. The minimum atomic E-state index is -1.27. The number of aliphatic carboxylic acids is 1. The van der Waals surface area contributed by atoms with E-state index in [2.05, 4.69) is 5.10 Å². The van der Waals surface area contributed by atoms with Gasteiger partial charge < -0.3 is 19.4 Å². The second kappa shape index (κ2) is 8.77. The van der Waals surface area contributed by atoms with Crippen LogP contribution in [0.1, 0.15) is 42.0 Å². The summed E-state index contributed by atoms with van der Waals surface area (Å²) in [5, 5.41) is 16.7. The molecule has 0 fully saturated rings. The van der Waals surface area contributed by atoms with Crippen molar-refractivity contribution >= 4 is 17.6 Å². The van der Waals surface area contributed by atoms with E-state index in [1.165, 1.54) is 5.01 Å². The molecule has 2 aromatic carbocycles. The molecule has 0 saturated carbocycles. The Morgan fingerprint density at radius 1 is 1.10 bits per heavy atom. The predicted molar refractivity (Wildman–Crippen MR) is 106 cm³/mol. The number of carboxylic acids is 1. The number of carbonyl (C=O) groups is 2. The summed E-state index contributed by atoms with van der Waals surface area (Å²) in [6.07, 6.45) is -0.0634. The first-order valence-corrected chi connectivity index (χ1v) is 9.31. The van der Waals surface area contributed by atoms with Crippen molar-refractivity contribution in [2.24, 2.45) is 5.10 Å². The molecule has 0 saturated heterocycles. The van der Waals surface area contributed by atoms with Crippen LogP contribution in [0.5, 0.6) is 11.5 Å². The molecule has 1 aliphatic rings. The van der Waals surface area contributed by atoms with Crippen molar-refractivity contribution in [2.75, 3.05) is 14.2 Å². The zero-order valence-corrected chi connectivity index (χ0v) is 16.7. The number of carboxylic acid groups (broad SMARTS) is 1. The smallest absolute Gasteiger partial charge is 0.243 e. The molecule has 0 radical (unpaired) electrons. The van der Waals surface area contributed by atoms with Crippen LogP contribution in [0.4, 0.5) is 0 Å². The summed E-state index contributed by atoms with van der Waals surface area (Å²) >= 11 is 0. The molecular weight excluding hydrogens is 372 g/mol. The second-order valence-electron chi connectivity index (χ2n) is 6.85. The highest BCUT2D eigenvalue weighted by atomic mass is 16.5. The molecule has 7 nitrogen and oxygen atoms in total. The van der Waals surface area contributed by atoms with E-state index < -0.39 is 12.0 Å². The van der Waals surface area contributed by atoms with Crippen LogP contribution in [-0.2, 0) is 9.59 Å². The molecule has 1 amide bonds. The molecule has 0 spiro atoms. The molecule has 1 aliphatic heterocycles. The number of carbonyl (C=O) groups excluding carboxylic acids is 2. The predicted octanol–water partition coefficient (Wildman–Crippen LogP) is 2.22. The van der Waals surface area contributed by atoms with Gasteiger partial charge in [-0.25, -0.2) is 5.01 Å². The van der Waals surface area contributed by atoms with Crippen LogP contribution < -0.4 is 14.6 Å². The summed E-state index contributed by atoms with van der Waals surface area (Å²) in [4.78, 5) is 23.6. The lowest BCUT2D eigenvalue weighted by Crippen LogP contribution is -2.30. The first-order valence-electron chi connectivity index (χ1n) is 9.31. The zero-order chi connectivity index (χ0) is 21.0. The minimum absolute atomic E-state index is 0.185. The Morgan fingerprint density at radius 2 is 1.83 bits per heavy atom. The first kappa shape index (κ1) is 20.4. The molecule has 0 aliphatic carbocycles. The van der Waals surface area contributed by atoms with E-state index in [0.717, 1.165) is 22.4 Å². The summed E-state index contributed by atoms with van der Waals surface area (Å²) in [5.41, 5.74) is 3.54. The van der Waals surface area contributed by atoms with Crippen molar-refractivity contribution in [2.45, 2.75) is 32.2 Å². The van der Waals surface area contributed by atoms with E-state index in [4.69, 9.17) is 9.47 Å². The number of hydrogen-bond acceptors (Lipinski definition) is 6. The lowest BCUT2D eigenvalue weighted by atomic mass is 9.97. The summed E-state index contributed by atoms with van der Waals surface area (Å²) in [6, 6.07) is 12.8. The number of rotatable bonds is 7. The Labute approximate surface area is 169 Å². The number of ether oxygens (including phenoxy) is 2. The van der Waals surface area contributed by atoms with Crippen LogP contribution in [-0.4, -0.2) is 36.8 Å². The van der Waals surface area contributed by atoms with Gasteiger partial charge in [0.15, 0.2) is 0 Å². The van der Waals surface area contributed by atoms with Gasteiger partial charge in [-0.3, -0.25) is 4.79 Å². The summed E-state index contributed by atoms with van der Waals surface area (Å²) in [5.74, 6) is -0.414. The Hall–Kier alpha value is -3.35. The van der Waals surface area contributed by atoms with Gasteiger partial charge in [-0.15, -0.1) is 0 Å². The van der Waals surface area contributed by atoms with Crippen LogP contribution in [0, 0.1) is 6.92 Å². The van der Waals surface area contributed by atoms with Crippen molar-refractivity contribution in [3.63, 3.8) is 0 Å². The van der Waals surface area contributed by atoms with Crippen LogP contribution in [0.3, 0.4) is 0 Å². The van der Waals surface area contributed by atoms with Gasteiger partial charge in [-0.1, -0.05) is 29.8 Å². The summed E-state index contributed by atoms with van der Waals surface area (Å²) in [7, 11) is 3.13. The van der Waals surface area contributed by atoms with Gasteiger partial charge in [0.2, 0.25) is 5.91 Å². The van der Waals surface area contributed by atoms with Crippen LogP contribution >= 0.6 is 0 Å². The van der Waals surface area contributed by atoms with E-state index in [1.807, 2.05) is 37.3 Å². The Bertz CT molecular complexity index is 937. The Balaban J connectivity index is 1.99. The second-order valence-corrected chi connectivity index (χ2v) is 6.85. The normalized spacial score (nSPS) is 15.8. The van der Waals surface area contributed by atoms with Gasteiger partial charge in [0, 0.05) is 24.4 Å². The molecule has 7 heteroatoms. The molecule has 1 heterocycles. The lowest BCUT2D eigenvalue weighted by Gasteiger charge is -2.24. The number of methoxy groups -OCH3 is 2. The van der Waals surface area contributed by atoms with E-state index in [9.17, 15) is 14.7 Å². The molecule has 1 atom stereocenters. The molecule has 3 rings (SSSR count). The third-order valence-corrected chi connectivity index (χ3v) is 4.89. The van der Waals surface area contributed by atoms with E-state index in [-0.39, 0.29) is 18.7 Å². The fraction of sp³-hybridized carbons (Fsp3) is 0.318. The molecule has 0 bridgehead atoms. The molecule has 0 N–H and O–H groups in total. The highest BCUT2D eigenvalue weighted by Gasteiger charge is 2.34. The largest absolute Gasteiger partial charge is 0.550 e. The maximum absolute atomic E-state index is 12.8. The quantitative estimate of drug-likeness (QED) is 0.717. The number of hydrazone groups is 1. The standard InChI is InChI=1S/C22H24N2O5/c1-14-4-6-15(7-5-14)18-13-19(24(23-18)21(25)10-11-22(26)27)17-12-16(28-2)8-9-20(17)29-3/h4-9,12,19H,10-11,13H2,1-3H3,(H,26,27)/p-1/t19-/m1/s1. The fourth-order valence-electron chi connectivity index (χ4n) is 3.33. The molecule has 0 aromatic heterocycles. The third kappa shape index (κ3) is 4.56. The van der Waals surface area contributed by atoms with Gasteiger partial charge in [-0.2, -0.15) is 5.10 Å². The highest BCUT2D eigenvalue weighted by molar-refractivity contribution is 6.03. The first-order chi connectivity index (χ1) is 13.9.